The van der Waals surface area contributed by atoms with E-state index in [1.165, 1.54) is 0 Å². The number of carbonyl (C=O) groups excluding carboxylic acids is 1. The van der Waals surface area contributed by atoms with Gasteiger partial charge in [0.1, 0.15) is 11.5 Å². The fraction of sp³-hybridized carbons (Fsp3) is 0.261. The lowest BCUT2D eigenvalue weighted by Gasteiger charge is -2.29. The van der Waals surface area contributed by atoms with Gasteiger partial charge in [0, 0.05) is 24.2 Å². The van der Waals surface area contributed by atoms with Crippen molar-refractivity contribution >= 4 is 17.9 Å². The lowest BCUT2D eigenvalue weighted by Crippen LogP contribution is -2.38. The third kappa shape index (κ3) is 5.08. The summed E-state index contributed by atoms with van der Waals surface area (Å²) in [5.74, 6) is 0.395. The number of hydrogen-bond acceptors (Lipinski definition) is 4. The minimum absolute atomic E-state index is 0.0226. The van der Waals surface area contributed by atoms with Crippen molar-refractivity contribution in [3.63, 3.8) is 0 Å². The second-order valence-corrected chi connectivity index (χ2v) is 6.92. The van der Waals surface area contributed by atoms with Crippen LogP contribution in [0.15, 0.2) is 59.7 Å². The number of rotatable bonds is 5. The highest BCUT2D eigenvalue weighted by atomic mass is 16.3. The molecule has 0 amide bonds. The van der Waals surface area contributed by atoms with Crippen molar-refractivity contribution in [3.8, 4) is 11.5 Å². The Morgan fingerprint density at radius 2 is 1.44 bits per heavy atom. The van der Waals surface area contributed by atoms with Crippen LogP contribution in [0.2, 0.25) is 0 Å². The van der Waals surface area contributed by atoms with Crippen molar-refractivity contribution < 1.29 is 15.0 Å². The molecule has 3 rings (SSSR count). The Morgan fingerprint density at radius 1 is 0.926 bits per heavy atom. The van der Waals surface area contributed by atoms with Gasteiger partial charge in [-0.25, -0.2) is 0 Å². The van der Waals surface area contributed by atoms with Crippen LogP contribution in [0.1, 0.15) is 30.9 Å². The maximum Gasteiger partial charge on any atom is 0.187 e. The second-order valence-electron chi connectivity index (χ2n) is 6.92. The first-order valence-corrected chi connectivity index (χ1v) is 9.31. The topological polar surface area (TPSA) is 60.8 Å². The molecule has 2 aromatic rings. The third-order valence-corrected chi connectivity index (χ3v) is 4.62. The SMILES string of the molecule is CCCCN1CC(=Cc2cccc(O)c2)C(=O)C(=Cc2cccc(O)c2)C1. The zero-order valence-electron chi connectivity index (χ0n) is 15.6. The van der Waals surface area contributed by atoms with Crippen LogP contribution in [0.5, 0.6) is 11.5 Å². The normalized spacial score (nSPS) is 18.3. The van der Waals surface area contributed by atoms with Gasteiger partial charge in [-0.15, -0.1) is 0 Å². The largest absolute Gasteiger partial charge is 0.508 e. The van der Waals surface area contributed by atoms with Crippen LogP contribution >= 0.6 is 0 Å². The molecule has 1 fully saturated rings. The predicted molar refractivity (Wildman–Crippen MR) is 109 cm³/mol. The van der Waals surface area contributed by atoms with Gasteiger partial charge in [0.25, 0.3) is 0 Å². The molecule has 0 unspecified atom stereocenters. The average molecular weight is 363 g/mol. The molecule has 0 aromatic heterocycles. The Bertz CT molecular complexity index is 815. The van der Waals surface area contributed by atoms with Crippen LogP contribution in [-0.2, 0) is 4.79 Å². The van der Waals surface area contributed by atoms with Crippen LogP contribution in [-0.4, -0.2) is 40.5 Å². The number of unbranched alkanes of at least 4 members (excludes halogenated alkanes) is 1. The molecule has 0 aliphatic carbocycles. The number of nitrogens with zero attached hydrogens (tertiary/aromatic N) is 1. The molecule has 1 heterocycles. The van der Waals surface area contributed by atoms with E-state index in [2.05, 4.69) is 11.8 Å². The highest BCUT2D eigenvalue weighted by Gasteiger charge is 2.25. The van der Waals surface area contributed by atoms with Gasteiger partial charge in [0.15, 0.2) is 5.78 Å². The van der Waals surface area contributed by atoms with Crippen LogP contribution in [0.4, 0.5) is 0 Å². The van der Waals surface area contributed by atoms with E-state index in [1.54, 1.807) is 36.4 Å². The lowest BCUT2D eigenvalue weighted by molar-refractivity contribution is -0.113. The molecule has 4 nitrogen and oxygen atoms in total. The Morgan fingerprint density at radius 3 is 1.89 bits per heavy atom. The molecule has 4 heteroatoms. The van der Waals surface area contributed by atoms with E-state index in [-0.39, 0.29) is 17.3 Å². The van der Waals surface area contributed by atoms with Crippen molar-refractivity contribution in [1.82, 2.24) is 4.90 Å². The number of phenols is 2. The smallest absolute Gasteiger partial charge is 0.187 e. The van der Waals surface area contributed by atoms with Gasteiger partial charge in [0.05, 0.1) is 0 Å². The fourth-order valence-electron chi connectivity index (χ4n) is 3.28. The summed E-state index contributed by atoms with van der Waals surface area (Å²) in [5, 5.41) is 19.4. The quantitative estimate of drug-likeness (QED) is 0.780. The van der Waals surface area contributed by atoms with Gasteiger partial charge in [-0.2, -0.15) is 0 Å². The van der Waals surface area contributed by atoms with Gasteiger partial charge in [-0.05, 0) is 60.5 Å². The molecule has 0 radical (unpaired) electrons. The molecule has 0 saturated carbocycles. The van der Waals surface area contributed by atoms with Crippen LogP contribution in [0.25, 0.3) is 12.2 Å². The number of carbonyl (C=O) groups is 1. The Balaban J connectivity index is 1.94. The minimum atomic E-state index is 0.0226. The van der Waals surface area contributed by atoms with Crippen molar-refractivity contribution in [1.29, 1.82) is 0 Å². The van der Waals surface area contributed by atoms with Gasteiger partial charge in [-0.3, -0.25) is 9.69 Å². The molecule has 2 N–H and O–H groups in total. The van der Waals surface area contributed by atoms with Crippen LogP contribution < -0.4 is 0 Å². The maximum absolute atomic E-state index is 13.0. The molecule has 0 atom stereocenters. The van der Waals surface area contributed by atoms with Crippen molar-refractivity contribution in [3.05, 3.63) is 70.8 Å². The molecule has 1 aliphatic rings. The molecule has 140 valence electrons. The second kappa shape index (κ2) is 8.69. The van der Waals surface area contributed by atoms with Gasteiger partial charge in [0.2, 0.25) is 0 Å². The van der Waals surface area contributed by atoms with Crippen molar-refractivity contribution in [2.24, 2.45) is 0 Å². The van der Waals surface area contributed by atoms with Crippen molar-refractivity contribution in [2.45, 2.75) is 19.8 Å². The van der Waals surface area contributed by atoms with Crippen molar-refractivity contribution in [2.75, 3.05) is 19.6 Å². The molecular formula is C23H25NO3. The lowest BCUT2D eigenvalue weighted by atomic mass is 9.94. The Kier molecular flexibility index (Phi) is 6.09. The summed E-state index contributed by atoms with van der Waals surface area (Å²) in [6.07, 6.45) is 5.89. The summed E-state index contributed by atoms with van der Waals surface area (Å²) in [7, 11) is 0. The summed E-state index contributed by atoms with van der Waals surface area (Å²) >= 11 is 0. The zero-order valence-corrected chi connectivity index (χ0v) is 15.6. The Labute approximate surface area is 160 Å². The molecule has 0 bridgehead atoms. The van der Waals surface area contributed by atoms with Crippen LogP contribution in [0.3, 0.4) is 0 Å². The van der Waals surface area contributed by atoms with E-state index in [4.69, 9.17) is 0 Å². The van der Waals surface area contributed by atoms with E-state index < -0.39 is 0 Å². The average Bonchev–Trinajstić information content (AvgIpc) is 2.63. The minimum Gasteiger partial charge on any atom is -0.508 e. The highest BCUT2D eigenvalue weighted by molar-refractivity contribution is 6.14. The summed E-state index contributed by atoms with van der Waals surface area (Å²) in [5.41, 5.74) is 3.06. The number of likely N-dealkylation sites (tertiary alicyclic amines) is 1. The maximum atomic E-state index is 13.0. The van der Waals surface area contributed by atoms with E-state index in [0.717, 1.165) is 30.5 Å². The molecular weight excluding hydrogens is 338 g/mol. The van der Waals surface area contributed by atoms with E-state index in [1.807, 2.05) is 24.3 Å². The molecule has 0 spiro atoms. The standard InChI is InChI=1S/C23H25NO3/c1-2-3-10-24-15-19(11-17-6-4-8-21(25)13-17)23(27)20(16-24)12-18-7-5-9-22(26)14-18/h4-9,11-14,25-26H,2-3,10,15-16H2,1H3. The first-order chi connectivity index (χ1) is 13.0. The van der Waals surface area contributed by atoms with Gasteiger partial charge >= 0.3 is 0 Å². The summed E-state index contributed by atoms with van der Waals surface area (Å²) < 4.78 is 0. The molecule has 1 saturated heterocycles. The number of hydrogen-bond donors (Lipinski definition) is 2. The molecule has 27 heavy (non-hydrogen) atoms. The first-order valence-electron chi connectivity index (χ1n) is 9.31. The predicted octanol–water partition coefficient (Wildman–Crippen LogP) is 4.25. The van der Waals surface area contributed by atoms with E-state index in [9.17, 15) is 15.0 Å². The summed E-state index contributed by atoms with van der Waals surface area (Å²) in [4.78, 5) is 15.3. The monoisotopic (exact) mass is 363 g/mol. The molecule has 1 aliphatic heterocycles. The fourth-order valence-corrected chi connectivity index (χ4v) is 3.28. The van der Waals surface area contributed by atoms with E-state index >= 15 is 0 Å². The van der Waals surface area contributed by atoms with Crippen LogP contribution in [0, 0.1) is 0 Å². The van der Waals surface area contributed by atoms with Gasteiger partial charge < -0.3 is 10.2 Å². The van der Waals surface area contributed by atoms with Gasteiger partial charge in [-0.1, -0.05) is 37.6 Å². The highest BCUT2D eigenvalue weighted by Crippen LogP contribution is 2.24. The first kappa shape index (κ1) is 18.9. The zero-order chi connectivity index (χ0) is 19.2. The third-order valence-electron chi connectivity index (χ3n) is 4.62. The number of aromatic hydroxyl groups is 2. The number of benzene rings is 2. The summed E-state index contributed by atoms with van der Waals surface area (Å²) in [6.45, 7) is 4.29. The number of ketones is 1. The number of phenolic OH excluding ortho intramolecular Hbond substituents is 2. The van der Waals surface area contributed by atoms with E-state index in [0.29, 0.717) is 24.2 Å². The Hall–Kier alpha value is -2.85. The summed E-state index contributed by atoms with van der Waals surface area (Å²) in [6, 6.07) is 13.8. The number of Topliss-reactive ketones (excluding diaryl/α,β-unsaturated/α-hetero) is 1. The number of piperidine rings is 1. The molecule has 2 aromatic carbocycles.